The van der Waals surface area contributed by atoms with Crippen LogP contribution in [0.15, 0.2) is 48.5 Å². The summed E-state index contributed by atoms with van der Waals surface area (Å²) >= 11 is 0. The molecular weight excluding hydrogens is 651 g/mol. The second-order valence-corrected chi connectivity index (χ2v) is 20.7. The number of hydrogen-bond donors (Lipinski definition) is 3. The molecule has 2 aromatic rings. The molecule has 3 N–H and O–H groups in total. The van der Waals surface area contributed by atoms with E-state index < -0.39 is 5.60 Å². The maximum absolute atomic E-state index is 13.7. The van der Waals surface area contributed by atoms with Crippen LogP contribution in [0.5, 0.6) is 0 Å². The molecule has 7 fully saturated rings. The van der Waals surface area contributed by atoms with E-state index in [-0.39, 0.29) is 23.5 Å². The Hall–Kier alpha value is -1.72. The number of nitrogens with zero attached hydrogens (tertiary/aromatic N) is 1. The fourth-order valence-corrected chi connectivity index (χ4v) is 15.5. The van der Waals surface area contributed by atoms with Crippen LogP contribution in [-0.2, 0) is 19.3 Å². The molecule has 0 spiro atoms. The van der Waals surface area contributed by atoms with E-state index in [0.29, 0.717) is 59.3 Å². The lowest BCUT2D eigenvalue weighted by Gasteiger charge is -2.63. The maximum atomic E-state index is 13.7. The van der Waals surface area contributed by atoms with E-state index in [1.807, 2.05) is 0 Å². The van der Waals surface area contributed by atoms with Gasteiger partial charge in [-0.05, 0) is 185 Å². The zero-order chi connectivity index (χ0) is 36.5. The first kappa shape index (κ1) is 36.9. The number of aliphatic hydroxyl groups is 3. The van der Waals surface area contributed by atoms with Gasteiger partial charge in [0.1, 0.15) is 0 Å². The van der Waals surface area contributed by atoms with Gasteiger partial charge < -0.3 is 15.3 Å². The number of aryl methyl sites for hydroxylation is 3. The lowest BCUT2D eigenvalue weighted by atomic mass is 9.50. The normalized spacial score (nSPS) is 45.4. The molecule has 0 amide bonds. The summed E-state index contributed by atoms with van der Waals surface area (Å²) in [5, 5.41) is 35.9. The van der Waals surface area contributed by atoms with Crippen molar-refractivity contribution < 1.29 is 15.3 Å². The summed E-state index contributed by atoms with van der Waals surface area (Å²) in [6.45, 7) is 9.58. The van der Waals surface area contributed by atoms with Crippen LogP contribution >= 0.6 is 0 Å². The molecule has 0 aromatic heterocycles. The van der Waals surface area contributed by atoms with Gasteiger partial charge in [-0.2, -0.15) is 0 Å². The number of benzene rings is 2. The molecule has 2 aromatic carbocycles. The molecule has 0 radical (unpaired) electrons. The van der Waals surface area contributed by atoms with Crippen LogP contribution in [-0.4, -0.2) is 57.2 Å². The van der Waals surface area contributed by atoms with Crippen molar-refractivity contribution in [3.8, 4) is 0 Å². The molecule has 4 heteroatoms. The number of fused-ring (bicyclic) bond motifs is 8. The van der Waals surface area contributed by atoms with E-state index in [2.05, 4.69) is 74.2 Å². The Morgan fingerprint density at radius 1 is 0.717 bits per heavy atom. The Balaban J connectivity index is 0.941. The molecular formula is C49H71NO3. The van der Waals surface area contributed by atoms with Crippen LogP contribution in [0.25, 0.3) is 0 Å². The van der Waals surface area contributed by atoms with Gasteiger partial charge in [-0.25, -0.2) is 0 Å². The molecule has 0 bridgehead atoms. The van der Waals surface area contributed by atoms with E-state index in [1.54, 1.807) is 0 Å². The monoisotopic (exact) mass is 722 g/mol. The van der Waals surface area contributed by atoms with Crippen LogP contribution < -0.4 is 0 Å². The van der Waals surface area contributed by atoms with Crippen molar-refractivity contribution >= 4 is 0 Å². The summed E-state index contributed by atoms with van der Waals surface area (Å²) < 4.78 is 0. The molecule has 9 rings (SSSR count). The average molecular weight is 722 g/mol. The summed E-state index contributed by atoms with van der Waals surface area (Å²) in [4.78, 5) is 2.84. The molecule has 1 unspecified atom stereocenters. The minimum Gasteiger partial charge on any atom is -0.393 e. The number of piperidine rings is 2. The summed E-state index contributed by atoms with van der Waals surface area (Å²) in [6.07, 6.45) is 18.9. The zero-order valence-electron chi connectivity index (χ0n) is 33.3. The average Bonchev–Trinajstić information content (AvgIpc) is 3.52. The summed E-state index contributed by atoms with van der Waals surface area (Å²) in [5.41, 5.74) is 5.41. The fraction of sp³-hybridized carbons (Fsp3) is 0.755. The first-order valence-electron chi connectivity index (χ1n) is 22.6. The van der Waals surface area contributed by atoms with Crippen LogP contribution in [0.2, 0.25) is 0 Å². The van der Waals surface area contributed by atoms with Crippen LogP contribution in [0, 0.1) is 71.5 Å². The first-order valence-corrected chi connectivity index (χ1v) is 22.6. The van der Waals surface area contributed by atoms with Gasteiger partial charge in [0.2, 0.25) is 0 Å². The molecule has 4 nitrogen and oxygen atoms in total. The highest BCUT2D eigenvalue weighted by molar-refractivity contribution is 5.30. The van der Waals surface area contributed by atoms with Gasteiger partial charge in [-0.15, -0.1) is 0 Å². The Morgan fingerprint density at radius 3 is 2.38 bits per heavy atom. The topological polar surface area (TPSA) is 63.9 Å². The van der Waals surface area contributed by atoms with Gasteiger partial charge in [-0.3, -0.25) is 4.90 Å². The highest BCUT2D eigenvalue weighted by Gasteiger charge is 2.66. The maximum Gasteiger partial charge on any atom is 0.0861 e. The largest absolute Gasteiger partial charge is 0.393 e. The standard InChI is InChI=1S/C49H71NO3/c1-31-15-18-47-49(53,37-14-8-13-35(25-37)24-36-22-32(2)21-34(23-36)12-7-11-33-9-5-4-6-10-33)43-17-16-39-40(42(43)30-50(47)29-31)27-44-41(39)28-46(52)45-26-38(51)19-20-48(44,45)3/h4-6,9-10,21-23,31,35,37-47,51-53H,7-8,11-20,24-30H2,1-3H3/t31-,35-,37-,38-,39-,40-,41-,42?,43+,44+,45-,46-,47-,48+,49+/m0/s1. The Kier molecular flexibility index (Phi) is 10.2. The van der Waals surface area contributed by atoms with Crippen molar-refractivity contribution in [2.24, 2.45) is 64.6 Å². The van der Waals surface area contributed by atoms with Crippen molar-refractivity contribution in [2.45, 2.75) is 154 Å². The smallest absolute Gasteiger partial charge is 0.0861 e. The van der Waals surface area contributed by atoms with Crippen LogP contribution in [0.3, 0.4) is 0 Å². The Bertz CT molecular complexity index is 1580. The zero-order valence-corrected chi connectivity index (χ0v) is 33.3. The predicted octanol–water partition coefficient (Wildman–Crippen LogP) is 9.19. The van der Waals surface area contributed by atoms with E-state index in [1.165, 1.54) is 93.0 Å². The summed E-state index contributed by atoms with van der Waals surface area (Å²) in [7, 11) is 0. The van der Waals surface area contributed by atoms with Gasteiger partial charge in [-0.1, -0.05) is 80.8 Å². The van der Waals surface area contributed by atoms with Gasteiger partial charge >= 0.3 is 0 Å². The third kappa shape index (κ3) is 6.70. The van der Waals surface area contributed by atoms with Crippen molar-refractivity contribution in [2.75, 3.05) is 13.1 Å². The van der Waals surface area contributed by atoms with Crippen LogP contribution in [0.1, 0.15) is 126 Å². The lowest BCUT2D eigenvalue weighted by molar-refractivity contribution is -0.217. The molecule has 7 aliphatic rings. The molecule has 2 saturated heterocycles. The number of hydrogen-bond acceptors (Lipinski definition) is 4. The minimum absolute atomic E-state index is 0.148. The summed E-state index contributed by atoms with van der Waals surface area (Å²) in [6, 6.07) is 18.6. The lowest BCUT2D eigenvalue weighted by Crippen LogP contribution is -2.71. The number of rotatable bonds is 7. The van der Waals surface area contributed by atoms with Gasteiger partial charge in [0.15, 0.2) is 0 Å². The van der Waals surface area contributed by atoms with Crippen molar-refractivity contribution in [3.05, 3.63) is 70.8 Å². The predicted molar refractivity (Wildman–Crippen MR) is 214 cm³/mol. The Labute approximate surface area is 321 Å². The quantitative estimate of drug-likeness (QED) is 0.267. The Morgan fingerprint density at radius 2 is 1.53 bits per heavy atom. The van der Waals surface area contributed by atoms with Gasteiger partial charge in [0, 0.05) is 19.1 Å². The molecule has 5 aliphatic carbocycles. The third-order valence-corrected chi connectivity index (χ3v) is 17.7. The molecule has 2 heterocycles. The van der Waals surface area contributed by atoms with Gasteiger partial charge in [0.05, 0.1) is 17.8 Å². The van der Waals surface area contributed by atoms with E-state index >= 15 is 0 Å². The molecule has 290 valence electrons. The van der Waals surface area contributed by atoms with Crippen molar-refractivity contribution in [3.63, 3.8) is 0 Å². The summed E-state index contributed by atoms with van der Waals surface area (Å²) in [5.74, 6) is 5.66. The van der Waals surface area contributed by atoms with Crippen molar-refractivity contribution in [1.29, 1.82) is 0 Å². The second kappa shape index (κ2) is 14.7. The highest BCUT2D eigenvalue weighted by Crippen LogP contribution is 2.68. The van der Waals surface area contributed by atoms with E-state index in [9.17, 15) is 15.3 Å². The second-order valence-electron chi connectivity index (χ2n) is 20.7. The molecule has 5 saturated carbocycles. The molecule has 2 aliphatic heterocycles. The number of aliphatic hydroxyl groups excluding tert-OH is 2. The fourth-order valence-electron chi connectivity index (χ4n) is 15.5. The van der Waals surface area contributed by atoms with Crippen molar-refractivity contribution in [1.82, 2.24) is 4.90 Å². The third-order valence-electron chi connectivity index (χ3n) is 17.7. The minimum atomic E-state index is -0.587. The van der Waals surface area contributed by atoms with Gasteiger partial charge in [0.25, 0.3) is 0 Å². The molecule has 53 heavy (non-hydrogen) atoms. The van der Waals surface area contributed by atoms with Crippen LogP contribution in [0.4, 0.5) is 0 Å². The first-order chi connectivity index (χ1) is 25.6. The molecule has 15 atom stereocenters. The highest BCUT2D eigenvalue weighted by atomic mass is 16.3. The SMILES string of the molecule is Cc1cc(CCCc2ccccc2)cc(C[C@@H]2CCC[C@H]([C@@]3(O)[C@@H]4CC[C@@H]5[C@@H]6C[C@H](O)[C@@H]7C[C@@H](O)CC[C@]7(C)[C@@H]6C[C@@H]5C4CN4C[C@@H](C)CC[C@H]43)C2)c1. The van der Waals surface area contributed by atoms with E-state index in [0.717, 1.165) is 51.5 Å². The van der Waals surface area contributed by atoms with E-state index in [4.69, 9.17) is 0 Å².